The van der Waals surface area contributed by atoms with Crippen molar-refractivity contribution in [1.29, 1.82) is 0 Å². The van der Waals surface area contributed by atoms with E-state index in [9.17, 15) is 0 Å². The monoisotopic (exact) mass is 230 g/mol. The SMILES string of the molecule is CC1(C)C(N)C1c1cnc(Cl)c(Cl)c1. The number of hydrogen-bond acceptors (Lipinski definition) is 2. The molecule has 2 unspecified atom stereocenters. The zero-order chi connectivity index (χ0) is 10.5. The van der Waals surface area contributed by atoms with Gasteiger partial charge >= 0.3 is 0 Å². The van der Waals surface area contributed by atoms with E-state index in [2.05, 4.69) is 18.8 Å². The van der Waals surface area contributed by atoms with E-state index in [1.54, 1.807) is 6.20 Å². The fraction of sp³-hybridized carbons (Fsp3) is 0.500. The third-order valence-corrected chi connectivity index (χ3v) is 3.77. The van der Waals surface area contributed by atoms with Crippen LogP contribution in [0.2, 0.25) is 10.2 Å². The summed E-state index contributed by atoms with van der Waals surface area (Å²) in [7, 11) is 0. The first-order chi connectivity index (χ1) is 6.44. The van der Waals surface area contributed by atoms with Gasteiger partial charge in [0.25, 0.3) is 0 Å². The number of nitrogens with two attached hydrogens (primary N) is 1. The van der Waals surface area contributed by atoms with Gasteiger partial charge < -0.3 is 5.73 Å². The molecule has 1 aliphatic rings. The molecule has 1 aromatic heterocycles. The summed E-state index contributed by atoms with van der Waals surface area (Å²) in [6.45, 7) is 4.29. The molecule has 76 valence electrons. The molecule has 1 aromatic rings. The Balaban J connectivity index is 2.32. The molecule has 1 saturated carbocycles. The summed E-state index contributed by atoms with van der Waals surface area (Å²) in [6.07, 6.45) is 1.76. The normalized spacial score (nSPS) is 28.9. The van der Waals surface area contributed by atoms with Crippen LogP contribution < -0.4 is 5.73 Å². The van der Waals surface area contributed by atoms with Crippen molar-refractivity contribution in [2.75, 3.05) is 0 Å². The lowest BCUT2D eigenvalue weighted by molar-refractivity contribution is 0.598. The molecular weight excluding hydrogens is 219 g/mol. The summed E-state index contributed by atoms with van der Waals surface area (Å²) >= 11 is 11.6. The predicted molar refractivity (Wildman–Crippen MR) is 58.8 cm³/mol. The highest BCUT2D eigenvalue weighted by Gasteiger charge is 2.56. The van der Waals surface area contributed by atoms with Crippen LogP contribution in [-0.4, -0.2) is 11.0 Å². The van der Waals surface area contributed by atoms with E-state index in [1.165, 1.54) is 0 Å². The lowest BCUT2D eigenvalue weighted by atomic mass is 10.1. The van der Waals surface area contributed by atoms with E-state index >= 15 is 0 Å². The molecule has 1 fully saturated rings. The molecule has 2 atom stereocenters. The number of hydrogen-bond donors (Lipinski definition) is 1. The van der Waals surface area contributed by atoms with Crippen molar-refractivity contribution in [2.45, 2.75) is 25.8 Å². The van der Waals surface area contributed by atoms with Gasteiger partial charge in [0.15, 0.2) is 0 Å². The summed E-state index contributed by atoms with van der Waals surface area (Å²) in [4.78, 5) is 4.02. The van der Waals surface area contributed by atoms with Crippen molar-refractivity contribution in [2.24, 2.45) is 11.1 Å². The topological polar surface area (TPSA) is 38.9 Å². The molecule has 0 spiro atoms. The Labute approximate surface area is 93.4 Å². The summed E-state index contributed by atoms with van der Waals surface area (Å²) in [5.41, 5.74) is 7.19. The minimum Gasteiger partial charge on any atom is -0.327 e. The Morgan fingerprint density at radius 2 is 2.00 bits per heavy atom. The first-order valence-electron chi connectivity index (χ1n) is 4.51. The zero-order valence-electron chi connectivity index (χ0n) is 8.09. The van der Waals surface area contributed by atoms with E-state index in [0.29, 0.717) is 16.1 Å². The van der Waals surface area contributed by atoms with Crippen molar-refractivity contribution in [3.63, 3.8) is 0 Å². The molecule has 0 bridgehead atoms. The highest BCUT2D eigenvalue weighted by Crippen LogP contribution is 2.57. The molecule has 0 saturated heterocycles. The second-order valence-corrected chi connectivity index (χ2v) is 5.13. The van der Waals surface area contributed by atoms with Crippen molar-refractivity contribution < 1.29 is 0 Å². The second-order valence-electron chi connectivity index (χ2n) is 4.37. The summed E-state index contributed by atoms with van der Waals surface area (Å²) < 4.78 is 0. The van der Waals surface area contributed by atoms with Gasteiger partial charge in [-0.15, -0.1) is 0 Å². The van der Waals surface area contributed by atoms with Gasteiger partial charge in [-0.2, -0.15) is 0 Å². The van der Waals surface area contributed by atoms with Gasteiger partial charge in [-0.1, -0.05) is 37.0 Å². The van der Waals surface area contributed by atoms with Crippen LogP contribution >= 0.6 is 23.2 Å². The quantitative estimate of drug-likeness (QED) is 0.754. The molecular formula is C10H12Cl2N2. The number of nitrogens with zero attached hydrogens (tertiary/aromatic N) is 1. The minimum absolute atomic E-state index is 0.152. The molecule has 0 radical (unpaired) electrons. The number of pyridine rings is 1. The van der Waals surface area contributed by atoms with E-state index < -0.39 is 0 Å². The largest absolute Gasteiger partial charge is 0.327 e. The minimum atomic E-state index is 0.152. The molecule has 14 heavy (non-hydrogen) atoms. The smallest absolute Gasteiger partial charge is 0.147 e. The Hall–Kier alpha value is -0.310. The van der Waals surface area contributed by atoms with Gasteiger partial charge in [-0.3, -0.25) is 0 Å². The van der Waals surface area contributed by atoms with E-state index in [0.717, 1.165) is 5.56 Å². The lowest BCUT2D eigenvalue weighted by Gasteiger charge is -2.03. The van der Waals surface area contributed by atoms with Crippen molar-refractivity contribution in [3.05, 3.63) is 28.0 Å². The average Bonchev–Trinajstić information content (AvgIpc) is 2.58. The molecule has 1 heterocycles. The third kappa shape index (κ3) is 1.42. The van der Waals surface area contributed by atoms with Gasteiger partial charge in [0.1, 0.15) is 5.15 Å². The van der Waals surface area contributed by atoms with Crippen LogP contribution in [0.25, 0.3) is 0 Å². The lowest BCUT2D eigenvalue weighted by Crippen LogP contribution is -2.06. The molecule has 0 amide bonds. The standard InChI is InChI=1S/C10H12Cl2N2/c1-10(2)7(8(10)13)5-3-6(11)9(12)14-4-5/h3-4,7-8H,13H2,1-2H3. The maximum Gasteiger partial charge on any atom is 0.147 e. The van der Waals surface area contributed by atoms with Crippen LogP contribution in [-0.2, 0) is 0 Å². The Bertz CT molecular complexity index is 376. The first kappa shape index (κ1) is 10.2. The van der Waals surface area contributed by atoms with Crippen LogP contribution in [0.4, 0.5) is 0 Å². The number of halogens is 2. The summed E-state index contributed by atoms with van der Waals surface area (Å²) in [5.74, 6) is 0.352. The zero-order valence-corrected chi connectivity index (χ0v) is 9.60. The Kier molecular flexibility index (Phi) is 2.25. The Morgan fingerprint density at radius 1 is 1.43 bits per heavy atom. The predicted octanol–water partition coefficient (Wildman–Crippen LogP) is 2.84. The highest BCUT2D eigenvalue weighted by molar-refractivity contribution is 6.41. The fourth-order valence-corrected chi connectivity index (χ4v) is 2.20. The molecule has 2 N–H and O–H groups in total. The van der Waals surface area contributed by atoms with Gasteiger partial charge in [-0.05, 0) is 17.0 Å². The highest BCUT2D eigenvalue weighted by atomic mass is 35.5. The van der Waals surface area contributed by atoms with Crippen molar-refractivity contribution >= 4 is 23.2 Å². The van der Waals surface area contributed by atoms with Crippen LogP contribution in [0.1, 0.15) is 25.3 Å². The molecule has 4 heteroatoms. The van der Waals surface area contributed by atoms with Crippen molar-refractivity contribution in [1.82, 2.24) is 4.98 Å². The number of aromatic nitrogens is 1. The van der Waals surface area contributed by atoms with Gasteiger partial charge in [0, 0.05) is 18.2 Å². The maximum absolute atomic E-state index is 5.96. The van der Waals surface area contributed by atoms with Gasteiger partial charge in [-0.25, -0.2) is 4.98 Å². The average molecular weight is 231 g/mol. The van der Waals surface area contributed by atoms with Crippen LogP contribution in [0.3, 0.4) is 0 Å². The van der Waals surface area contributed by atoms with E-state index in [-0.39, 0.29) is 11.5 Å². The van der Waals surface area contributed by atoms with Crippen LogP contribution in [0.5, 0.6) is 0 Å². The number of rotatable bonds is 1. The second kappa shape index (κ2) is 3.09. The third-order valence-electron chi connectivity index (χ3n) is 3.09. The van der Waals surface area contributed by atoms with E-state index in [4.69, 9.17) is 28.9 Å². The molecule has 2 nitrogen and oxygen atoms in total. The first-order valence-corrected chi connectivity index (χ1v) is 5.26. The molecule has 1 aliphatic carbocycles. The van der Waals surface area contributed by atoms with Gasteiger partial charge in [0.2, 0.25) is 0 Å². The molecule has 2 rings (SSSR count). The van der Waals surface area contributed by atoms with Crippen molar-refractivity contribution in [3.8, 4) is 0 Å². The van der Waals surface area contributed by atoms with E-state index in [1.807, 2.05) is 6.07 Å². The maximum atomic E-state index is 5.96. The molecule has 0 aliphatic heterocycles. The summed E-state index contributed by atoms with van der Waals surface area (Å²) in [6, 6.07) is 2.05. The Morgan fingerprint density at radius 3 is 2.43 bits per heavy atom. The fourth-order valence-electron chi connectivity index (χ4n) is 1.92. The van der Waals surface area contributed by atoms with Crippen LogP contribution in [0.15, 0.2) is 12.3 Å². The molecule has 0 aromatic carbocycles. The van der Waals surface area contributed by atoms with Crippen LogP contribution in [0, 0.1) is 5.41 Å². The van der Waals surface area contributed by atoms with Gasteiger partial charge in [0.05, 0.1) is 5.02 Å². The summed E-state index contributed by atoms with van der Waals surface area (Å²) in [5, 5.41) is 0.849.